The molecule has 2 heterocycles. The maximum Gasteiger partial charge on any atom is 0.347 e. The predicted molar refractivity (Wildman–Crippen MR) is 68.2 cm³/mol. The molecule has 0 radical (unpaired) electrons. The lowest BCUT2D eigenvalue weighted by atomic mass is 9.97. The molecule has 1 aromatic heterocycles. The Balaban J connectivity index is 1.96. The number of carboxylic acid groups (broad SMARTS) is 1. The van der Waals surface area contributed by atoms with Gasteiger partial charge < -0.3 is 9.84 Å². The van der Waals surface area contributed by atoms with Crippen molar-refractivity contribution in [2.75, 3.05) is 6.61 Å². The van der Waals surface area contributed by atoms with Crippen molar-refractivity contribution in [1.82, 2.24) is 4.98 Å². The van der Waals surface area contributed by atoms with Gasteiger partial charge in [0.15, 0.2) is 0 Å². The second-order valence-corrected chi connectivity index (χ2v) is 6.35. The third kappa shape index (κ3) is 2.06. The summed E-state index contributed by atoms with van der Waals surface area (Å²) in [5.74, 6) is -0.478. The van der Waals surface area contributed by atoms with Gasteiger partial charge in [0.25, 0.3) is 0 Å². The first kappa shape index (κ1) is 12.1. The predicted octanol–water partition coefficient (Wildman–Crippen LogP) is 3.13. The number of ether oxygens (including phenoxy) is 1. The summed E-state index contributed by atoms with van der Waals surface area (Å²) in [5.41, 5.74) is 0.415. The number of aromatic nitrogens is 1. The van der Waals surface area contributed by atoms with E-state index in [4.69, 9.17) is 4.74 Å². The molecule has 1 aliphatic heterocycles. The van der Waals surface area contributed by atoms with Crippen molar-refractivity contribution in [3.63, 3.8) is 0 Å². The summed E-state index contributed by atoms with van der Waals surface area (Å²) in [6, 6.07) is 0. The molecule has 0 bridgehead atoms. The van der Waals surface area contributed by atoms with Gasteiger partial charge in [0, 0.05) is 12.5 Å². The average Bonchev–Trinajstić information content (AvgIpc) is 3.08. The molecule has 1 atom stereocenters. The van der Waals surface area contributed by atoms with Crippen molar-refractivity contribution >= 4 is 17.3 Å². The van der Waals surface area contributed by atoms with Crippen LogP contribution in [-0.4, -0.2) is 22.7 Å². The van der Waals surface area contributed by atoms with E-state index in [1.807, 2.05) is 6.92 Å². The van der Waals surface area contributed by atoms with E-state index in [1.165, 1.54) is 11.3 Å². The highest BCUT2D eigenvalue weighted by atomic mass is 32.1. The Labute approximate surface area is 110 Å². The minimum Gasteiger partial charge on any atom is -0.477 e. The van der Waals surface area contributed by atoms with Crippen molar-refractivity contribution in [3.05, 3.63) is 15.6 Å². The number of hydrogen-bond donors (Lipinski definition) is 1. The van der Waals surface area contributed by atoms with Crippen LogP contribution < -0.4 is 0 Å². The van der Waals surface area contributed by atoms with E-state index in [2.05, 4.69) is 4.98 Å². The molecule has 0 aromatic carbocycles. The van der Waals surface area contributed by atoms with E-state index in [0.717, 1.165) is 49.4 Å². The van der Waals surface area contributed by atoms with Crippen LogP contribution in [0.3, 0.4) is 0 Å². The Morgan fingerprint density at radius 1 is 1.50 bits per heavy atom. The van der Waals surface area contributed by atoms with Gasteiger partial charge in [-0.3, -0.25) is 0 Å². The highest BCUT2D eigenvalue weighted by molar-refractivity contribution is 7.13. The number of carboxylic acids is 1. The number of nitrogens with zero attached hydrogens (tertiary/aromatic N) is 1. The lowest BCUT2D eigenvalue weighted by Gasteiger charge is -2.31. The van der Waals surface area contributed by atoms with E-state index < -0.39 is 5.97 Å². The highest BCUT2D eigenvalue weighted by Crippen LogP contribution is 2.45. The van der Waals surface area contributed by atoms with Gasteiger partial charge in [-0.2, -0.15) is 0 Å². The quantitative estimate of drug-likeness (QED) is 0.914. The molecule has 98 valence electrons. The van der Waals surface area contributed by atoms with Crippen LogP contribution in [0.25, 0.3) is 0 Å². The molecule has 0 spiro atoms. The van der Waals surface area contributed by atoms with Crippen LogP contribution in [0, 0.1) is 0 Å². The number of thiazole rings is 1. The van der Waals surface area contributed by atoms with Gasteiger partial charge in [-0.1, -0.05) is 0 Å². The van der Waals surface area contributed by atoms with Crippen molar-refractivity contribution < 1.29 is 14.6 Å². The Bertz CT molecular complexity index is 473. The maximum absolute atomic E-state index is 11.3. The lowest BCUT2D eigenvalue weighted by Crippen LogP contribution is -2.30. The fraction of sp³-hybridized carbons (Fsp3) is 0.692. The minimum atomic E-state index is -0.847. The maximum atomic E-state index is 11.3. The van der Waals surface area contributed by atoms with Crippen molar-refractivity contribution in [3.8, 4) is 0 Å². The van der Waals surface area contributed by atoms with E-state index >= 15 is 0 Å². The molecule has 1 aromatic rings. The van der Waals surface area contributed by atoms with Gasteiger partial charge in [-0.15, -0.1) is 11.3 Å². The van der Waals surface area contributed by atoms with Gasteiger partial charge in [0.05, 0.1) is 5.69 Å². The highest BCUT2D eigenvalue weighted by Gasteiger charge is 2.38. The molecule has 2 aliphatic rings. The van der Waals surface area contributed by atoms with Crippen molar-refractivity contribution in [2.24, 2.45) is 0 Å². The molecule has 0 amide bonds. The molecule has 5 heteroatoms. The van der Waals surface area contributed by atoms with Gasteiger partial charge in [0.1, 0.15) is 15.5 Å². The van der Waals surface area contributed by atoms with Crippen LogP contribution in [0.15, 0.2) is 0 Å². The largest absolute Gasteiger partial charge is 0.477 e. The number of aromatic carboxylic acids is 1. The first-order chi connectivity index (χ1) is 8.60. The second-order valence-electron chi connectivity index (χ2n) is 5.35. The zero-order chi connectivity index (χ0) is 12.8. The fourth-order valence-electron chi connectivity index (χ4n) is 2.45. The van der Waals surface area contributed by atoms with Gasteiger partial charge in [-0.05, 0) is 39.0 Å². The van der Waals surface area contributed by atoms with Gasteiger partial charge >= 0.3 is 5.97 Å². The van der Waals surface area contributed by atoms with Crippen LogP contribution in [0.4, 0.5) is 0 Å². The topological polar surface area (TPSA) is 59.4 Å². The molecule has 1 N–H and O–H groups in total. The van der Waals surface area contributed by atoms with E-state index in [1.54, 1.807) is 0 Å². The SMILES string of the molecule is CC1(c2nc(C3CC3)c(C(=O)O)s2)CCCCO1. The van der Waals surface area contributed by atoms with Gasteiger partial charge in [-0.25, -0.2) is 9.78 Å². The summed E-state index contributed by atoms with van der Waals surface area (Å²) in [4.78, 5) is 16.3. The van der Waals surface area contributed by atoms with Crippen molar-refractivity contribution in [2.45, 2.75) is 50.5 Å². The van der Waals surface area contributed by atoms with Crippen LogP contribution >= 0.6 is 11.3 Å². The molecule has 1 saturated heterocycles. The third-order valence-electron chi connectivity index (χ3n) is 3.73. The summed E-state index contributed by atoms with van der Waals surface area (Å²) in [7, 11) is 0. The van der Waals surface area contributed by atoms with Crippen LogP contribution in [-0.2, 0) is 10.3 Å². The van der Waals surface area contributed by atoms with E-state index in [0.29, 0.717) is 10.8 Å². The number of hydrogen-bond acceptors (Lipinski definition) is 4. The summed E-state index contributed by atoms with van der Waals surface area (Å²) < 4.78 is 5.85. The smallest absolute Gasteiger partial charge is 0.347 e. The molecule has 1 saturated carbocycles. The number of carbonyl (C=O) groups is 1. The zero-order valence-corrected chi connectivity index (χ0v) is 11.3. The average molecular weight is 267 g/mol. The summed E-state index contributed by atoms with van der Waals surface area (Å²) in [6.45, 7) is 2.78. The third-order valence-corrected chi connectivity index (χ3v) is 5.04. The monoisotopic (exact) mass is 267 g/mol. The first-order valence-electron chi connectivity index (χ1n) is 6.48. The Hall–Kier alpha value is -0.940. The van der Waals surface area contributed by atoms with Gasteiger partial charge in [0.2, 0.25) is 0 Å². The molecule has 18 heavy (non-hydrogen) atoms. The summed E-state index contributed by atoms with van der Waals surface area (Å²) in [5, 5.41) is 10.1. The molecular weight excluding hydrogens is 250 g/mol. The van der Waals surface area contributed by atoms with E-state index in [-0.39, 0.29) is 5.60 Å². The van der Waals surface area contributed by atoms with Crippen LogP contribution in [0.1, 0.15) is 65.3 Å². The first-order valence-corrected chi connectivity index (χ1v) is 7.30. The lowest BCUT2D eigenvalue weighted by molar-refractivity contribution is -0.0702. The molecule has 4 nitrogen and oxygen atoms in total. The molecule has 1 aliphatic carbocycles. The van der Waals surface area contributed by atoms with E-state index in [9.17, 15) is 9.90 Å². The normalized spacial score (nSPS) is 28.3. The summed E-state index contributed by atoms with van der Waals surface area (Å²) in [6.07, 6.45) is 5.28. The molecular formula is C13H17NO3S. The Kier molecular flexibility index (Phi) is 2.90. The zero-order valence-electron chi connectivity index (χ0n) is 10.4. The molecule has 1 unspecified atom stereocenters. The summed E-state index contributed by atoms with van der Waals surface area (Å²) >= 11 is 1.31. The standard InChI is InChI=1S/C13H17NO3S/c1-13(6-2-3-7-17-13)12-14-9(8-4-5-8)10(18-12)11(15)16/h8H,2-7H2,1H3,(H,15,16). The van der Waals surface area contributed by atoms with Crippen molar-refractivity contribution in [1.29, 1.82) is 0 Å². The number of rotatable bonds is 3. The molecule has 3 rings (SSSR count). The van der Waals surface area contributed by atoms with Crippen LogP contribution in [0.5, 0.6) is 0 Å². The molecule has 2 fully saturated rings. The fourth-order valence-corrected chi connectivity index (χ4v) is 3.57. The minimum absolute atomic E-state index is 0.369. The Morgan fingerprint density at radius 3 is 2.83 bits per heavy atom. The second kappa shape index (κ2) is 4.31. The van der Waals surface area contributed by atoms with Crippen LogP contribution in [0.2, 0.25) is 0 Å². The Morgan fingerprint density at radius 2 is 2.28 bits per heavy atom.